The largest absolute Gasteiger partial charge is 0.373 e. The molecule has 2 N–H and O–H groups in total. The third-order valence-corrected chi connectivity index (χ3v) is 7.97. The Bertz CT molecular complexity index is 1180. The lowest BCUT2D eigenvalue weighted by Crippen LogP contribution is -2.52. The summed E-state index contributed by atoms with van der Waals surface area (Å²) in [6.45, 7) is 7.43. The number of anilines is 3. The van der Waals surface area contributed by atoms with Crippen LogP contribution in [0.15, 0.2) is 30.3 Å². The molecule has 10 heteroatoms. The van der Waals surface area contributed by atoms with Crippen LogP contribution < -0.4 is 15.5 Å². The van der Waals surface area contributed by atoms with Crippen LogP contribution in [0.3, 0.4) is 0 Å². The number of carbonyl (C=O) groups excluding carboxylic acids is 2. The fraction of sp³-hybridized carbons (Fsp3) is 0.500. The number of nitrogens with zero attached hydrogens (tertiary/aromatic N) is 4. The molecule has 2 saturated heterocycles. The van der Waals surface area contributed by atoms with Crippen LogP contribution in [0.2, 0.25) is 0 Å². The van der Waals surface area contributed by atoms with Gasteiger partial charge in [-0.05, 0) is 43.2 Å². The first kappa shape index (κ1) is 26.4. The van der Waals surface area contributed by atoms with Gasteiger partial charge in [-0.3, -0.25) is 19.4 Å². The Morgan fingerprint density at radius 2 is 1.84 bits per heavy atom. The topological polar surface area (TPSA) is 71.2 Å². The quantitative estimate of drug-likeness (QED) is 0.603. The number of hydrogen-bond acceptors (Lipinski definition) is 6. The van der Waals surface area contributed by atoms with Crippen LogP contribution >= 0.6 is 0 Å². The zero-order valence-electron chi connectivity index (χ0n) is 22.3. The number of fused-ring (bicyclic) bond motifs is 1. The fourth-order valence-corrected chi connectivity index (χ4v) is 5.68. The van der Waals surface area contributed by atoms with Crippen molar-refractivity contribution >= 4 is 28.9 Å². The predicted molar refractivity (Wildman–Crippen MR) is 145 cm³/mol. The maximum absolute atomic E-state index is 14.6. The normalized spacial score (nSPS) is 21.8. The van der Waals surface area contributed by atoms with E-state index in [2.05, 4.69) is 25.3 Å². The van der Waals surface area contributed by atoms with Gasteiger partial charge < -0.3 is 20.4 Å². The van der Waals surface area contributed by atoms with E-state index in [1.807, 2.05) is 13.0 Å². The Morgan fingerprint density at radius 1 is 1.08 bits per heavy atom. The highest BCUT2D eigenvalue weighted by Gasteiger charge is 2.32. The van der Waals surface area contributed by atoms with Gasteiger partial charge in [0.05, 0.1) is 6.54 Å². The zero-order valence-corrected chi connectivity index (χ0v) is 22.3. The maximum Gasteiger partial charge on any atom is 0.247 e. The lowest BCUT2D eigenvalue weighted by molar-refractivity contribution is -0.130. The molecule has 0 aliphatic carbocycles. The molecule has 0 bridgehead atoms. The van der Waals surface area contributed by atoms with Crippen molar-refractivity contribution in [3.8, 4) is 0 Å². The van der Waals surface area contributed by atoms with Gasteiger partial charge in [-0.25, -0.2) is 8.78 Å². The second-order valence-electron chi connectivity index (χ2n) is 10.8. The van der Waals surface area contributed by atoms with Crippen molar-refractivity contribution in [3.63, 3.8) is 0 Å². The van der Waals surface area contributed by atoms with Gasteiger partial charge in [0.1, 0.15) is 17.7 Å². The molecule has 3 aliphatic heterocycles. The van der Waals surface area contributed by atoms with Crippen molar-refractivity contribution in [2.75, 3.05) is 75.4 Å². The average Bonchev–Trinajstić information content (AvgIpc) is 3.55. The first-order valence-electron chi connectivity index (χ1n) is 13.3. The highest BCUT2D eigenvalue weighted by Crippen LogP contribution is 2.32. The third kappa shape index (κ3) is 5.61. The lowest BCUT2D eigenvalue weighted by atomic mass is 10.1. The van der Waals surface area contributed by atoms with Crippen molar-refractivity contribution in [3.05, 3.63) is 53.1 Å². The molecule has 0 radical (unpaired) electrons. The van der Waals surface area contributed by atoms with Crippen molar-refractivity contribution < 1.29 is 18.4 Å². The summed E-state index contributed by atoms with van der Waals surface area (Å²) in [5, 5.41) is 5.95. The number of likely N-dealkylation sites (N-methyl/N-ethyl adjacent to an activating group) is 1. The molecule has 0 spiro atoms. The minimum atomic E-state index is -0.616. The van der Waals surface area contributed by atoms with Crippen LogP contribution in [0.5, 0.6) is 0 Å². The van der Waals surface area contributed by atoms with Gasteiger partial charge in [0.15, 0.2) is 0 Å². The van der Waals surface area contributed by atoms with Gasteiger partial charge in [-0.15, -0.1) is 0 Å². The van der Waals surface area contributed by atoms with Crippen LogP contribution in [0, 0.1) is 18.6 Å². The van der Waals surface area contributed by atoms with E-state index in [1.165, 1.54) is 18.2 Å². The minimum Gasteiger partial charge on any atom is -0.373 e. The molecule has 2 aromatic carbocycles. The molecule has 5 rings (SSSR count). The van der Waals surface area contributed by atoms with E-state index in [9.17, 15) is 18.4 Å². The Morgan fingerprint density at radius 3 is 2.55 bits per heavy atom. The van der Waals surface area contributed by atoms with E-state index in [0.717, 1.165) is 56.9 Å². The molecule has 2 atom stereocenters. The van der Waals surface area contributed by atoms with Gasteiger partial charge in [-0.2, -0.15) is 0 Å². The molecule has 2 fully saturated rings. The number of halogens is 2. The van der Waals surface area contributed by atoms with Crippen LogP contribution in [0.4, 0.5) is 25.8 Å². The SMILES string of the molecule is Cc1ccc(F)c2c1NC(C(=O)Nc1cc(F)cc(N3CC[C@@H](N4CCN(CC(=O)N(C)C)CC4)C3)c1)C2. The highest BCUT2D eigenvalue weighted by molar-refractivity contribution is 5.98. The molecule has 3 aliphatic rings. The molecular formula is C28H36F2N6O2. The molecule has 2 amide bonds. The zero-order chi connectivity index (χ0) is 27.0. The first-order valence-corrected chi connectivity index (χ1v) is 13.3. The number of benzene rings is 2. The Labute approximate surface area is 222 Å². The number of nitrogens with one attached hydrogen (secondary N) is 2. The van der Waals surface area contributed by atoms with E-state index in [4.69, 9.17) is 0 Å². The maximum atomic E-state index is 14.6. The molecule has 38 heavy (non-hydrogen) atoms. The summed E-state index contributed by atoms with van der Waals surface area (Å²) in [6, 6.07) is 7.49. The Hall–Kier alpha value is -3.24. The minimum absolute atomic E-state index is 0.120. The van der Waals surface area contributed by atoms with E-state index in [0.29, 0.717) is 29.5 Å². The van der Waals surface area contributed by atoms with Crippen LogP contribution in [-0.4, -0.2) is 98.5 Å². The van der Waals surface area contributed by atoms with Crippen molar-refractivity contribution in [2.24, 2.45) is 0 Å². The smallest absolute Gasteiger partial charge is 0.247 e. The number of carbonyl (C=O) groups is 2. The van der Waals surface area contributed by atoms with Crippen molar-refractivity contribution in [1.82, 2.24) is 14.7 Å². The summed E-state index contributed by atoms with van der Waals surface area (Å²) in [5.41, 5.74) is 3.19. The average molecular weight is 527 g/mol. The number of amides is 2. The lowest BCUT2D eigenvalue weighted by Gasteiger charge is -2.38. The van der Waals surface area contributed by atoms with Gasteiger partial charge >= 0.3 is 0 Å². The Balaban J connectivity index is 1.17. The van der Waals surface area contributed by atoms with Crippen LogP contribution in [0.25, 0.3) is 0 Å². The molecule has 8 nitrogen and oxygen atoms in total. The summed E-state index contributed by atoms with van der Waals surface area (Å²) >= 11 is 0. The molecular weight excluding hydrogens is 490 g/mol. The van der Waals surface area contributed by atoms with Crippen molar-refractivity contribution in [2.45, 2.75) is 31.8 Å². The van der Waals surface area contributed by atoms with Crippen LogP contribution in [-0.2, 0) is 16.0 Å². The molecule has 1 unspecified atom stereocenters. The first-order chi connectivity index (χ1) is 18.2. The predicted octanol–water partition coefficient (Wildman–Crippen LogP) is 2.53. The molecule has 204 valence electrons. The second-order valence-corrected chi connectivity index (χ2v) is 10.8. The number of aryl methyl sites for hydroxylation is 1. The van der Waals surface area contributed by atoms with Gasteiger partial charge in [0, 0.05) is 88.5 Å². The third-order valence-electron chi connectivity index (χ3n) is 7.97. The summed E-state index contributed by atoms with van der Waals surface area (Å²) in [4.78, 5) is 33.4. The standard InChI is InChI=1S/C28H36F2N6O2/c1-18-4-5-24(30)23-15-25(32-27(18)23)28(38)31-20-12-19(29)13-22(14-20)36-7-6-21(16-36)35-10-8-34(9-11-35)17-26(37)33(2)3/h4-5,12-14,21,25,32H,6-11,15-17H2,1-3H3,(H,31,38)/t21-,25?/m1/s1. The Kier molecular flexibility index (Phi) is 7.54. The number of rotatable bonds is 6. The monoisotopic (exact) mass is 526 g/mol. The molecule has 0 aromatic heterocycles. The van der Waals surface area contributed by atoms with Crippen LogP contribution in [0.1, 0.15) is 17.5 Å². The van der Waals surface area contributed by atoms with Gasteiger partial charge in [0.2, 0.25) is 11.8 Å². The molecule has 3 heterocycles. The van der Waals surface area contributed by atoms with E-state index >= 15 is 0 Å². The fourth-order valence-electron chi connectivity index (χ4n) is 5.68. The highest BCUT2D eigenvalue weighted by atomic mass is 19.1. The number of hydrogen-bond donors (Lipinski definition) is 2. The van der Waals surface area contributed by atoms with E-state index < -0.39 is 11.9 Å². The van der Waals surface area contributed by atoms with Crippen molar-refractivity contribution in [1.29, 1.82) is 0 Å². The molecule has 2 aromatic rings. The molecule has 0 saturated carbocycles. The second kappa shape index (κ2) is 10.9. The summed E-state index contributed by atoms with van der Waals surface area (Å²) < 4.78 is 28.8. The van der Waals surface area contributed by atoms with E-state index in [1.54, 1.807) is 25.1 Å². The summed E-state index contributed by atoms with van der Waals surface area (Å²) in [7, 11) is 3.56. The summed E-state index contributed by atoms with van der Waals surface area (Å²) in [5.74, 6) is -0.935. The van der Waals surface area contributed by atoms with E-state index in [-0.39, 0.29) is 24.1 Å². The van der Waals surface area contributed by atoms with Gasteiger partial charge in [0.25, 0.3) is 0 Å². The number of piperazine rings is 1. The summed E-state index contributed by atoms with van der Waals surface area (Å²) in [6.07, 6.45) is 1.23. The van der Waals surface area contributed by atoms with Gasteiger partial charge in [-0.1, -0.05) is 6.07 Å².